The van der Waals surface area contributed by atoms with Crippen molar-refractivity contribution in [3.8, 4) is 0 Å². The second-order valence-electron chi connectivity index (χ2n) is 7.71. The number of hydrogen-bond donors (Lipinski definition) is 1. The summed E-state index contributed by atoms with van der Waals surface area (Å²) in [6.07, 6.45) is 7.18. The van der Waals surface area contributed by atoms with Crippen LogP contribution in [0.4, 0.5) is 0 Å². The topological polar surface area (TPSA) is 15.3 Å². The molecule has 0 amide bonds. The molecule has 0 bridgehead atoms. The van der Waals surface area contributed by atoms with Crippen LogP contribution in [0.25, 0.3) is 0 Å². The molecule has 2 unspecified atom stereocenters. The Morgan fingerprint density at radius 3 is 2.62 bits per heavy atom. The van der Waals surface area contributed by atoms with Gasteiger partial charge in [0.1, 0.15) is 0 Å². The lowest BCUT2D eigenvalue weighted by Gasteiger charge is -2.41. The lowest BCUT2D eigenvalue weighted by molar-refractivity contribution is 0.107. The van der Waals surface area contributed by atoms with Crippen molar-refractivity contribution < 1.29 is 0 Å². The second-order valence-corrected chi connectivity index (χ2v) is 7.71. The maximum Gasteiger partial charge on any atom is 0.0236 e. The average molecular weight is 284 g/mol. The lowest BCUT2D eigenvalue weighted by Crippen LogP contribution is -2.57. The van der Waals surface area contributed by atoms with E-state index in [-0.39, 0.29) is 0 Å². The van der Waals surface area contributed by atoms with E-state index in [1.54, 1.807) is 0 Å². The minimum absolute atomic E-state index is 0.624. The van der Waals surface area contributed by atoms with Crippen molar-refractivity contribution >= 4 is 0 Å². The summed E-state index contributed by atoms with van der Waals surface area (Å²) in [5.74, 6) is 1.08. The quantitative estimate of drug-likeness (QED) is 0.894. The van der Waals surface area contributed by atoms with Crippen LogP contribution in [-0.2, 0) is 6.42 Å². The van der Waals surface area contributed by atoms with E-state index in [9.17, 15) is 0 Å². The minimum Gasteiger partial charge on any atom is -0.311 e. The Hall–Kier alpha value is -0.860. The van der Waals surface area contributed by atoms with Crippen molar-refractivity contribution in [2.24, 2.45) is 11.3 Å². The molecule has 0 radical (unpaired) electrons. The SMILES string of the molecule is CC1CNC(Cc2ccccc2)CN1CC1(C2CC2)CC1. The highest BCUT2D eigenvalue weighted by Crippen LogP contribution is 2.61. The zero-order chi connectivity index (χ0) is 14.3. The summed E-state index contributed by atoms with van der Waals surface area (Å²) < 4.78 is 0. The summed E-state index contributed by atoms with van der Waals surface area (Å²) in [5, 5.41) is 3.76. The highest BCUT2D eigenvalue weighted by molar-refractivity contribution is 5.16. The van der Waals surface area contributed by atoms with Crippen LogP contribution in [0.5, 0.6) is 0 Å². The van der Waals surface area contributed by atoms with Gasteiger partial charge in [0.15, 0.2) is 0 Å². The maximum atomic E-state index is 3.76. The van der Waals surface area contributed by atoms with Crippen molar-refractivity contribution in [3.05, 3.63) is 35.9 Å². The predicted molar refractivity (Wildman–Crippen MR) is 87.4 cm³/mol. The van der Waals surface area contributed by atoms with Gasteiger partial charge in [-0.1, -0.05) is 30.3 Å². The molecule has 4 rings (SSSR count). The van der Waals surface area contributed by atoms with E-state index in [1.165, 1.54) is 50.8 Å². The van der Waals surface area contributed by atoms with E-state index < -0.39 is 0 Å². The van der Waals surface area contributed by atoms with Crippen LogP contribution in [0.15, 0.2) is 30.3 Å². The number of benzene rings is 1. The summed E-state index contributed by atoms with van der Waals surface area (Å²) in [6, 6.07) is 12.3. The third-order valence-electron chi connectivity index (χ3n) is 5.96. The molecule has 2 atom stereocenters. The van der Waals surface area contributed by atoms with Gasteiger partial charge in [-0.05, 0) is 55.9 Å². The first-order valence-electron chi connectivity index (χ1n) is 8.77. The highest BCUT2D eigenvalue weighted by atomic mass is 15.2. The summed E-state index contributed by atoms with van der Waals surface area (Å²) in [7, 11) is 0. The molecular weight excluding hydrogens is 256 g/mol. The molecule has 2 aliphatic carbocycles. The summed E-state index contributed by atoms with van der Waals surface area (Å²) in [6.45, 7) is 6.14. The number of rotatable bonds is 5. The molecule has 1 N–H and O–H groups in total. The van der Waals surface area contributed by atoms with Crippen LogP contribution in [0.3, 0.4) is 0 Å². The van der Waals surface area contributed by atoms with Crippen molar-refractivity contribution in [2.75, 3.05) is 19.6 Å². The first-order valence-corrected chi connectivity index (χ1v) is 8.77. The summed E-state index contributed by atoms with van der Waals surface area (Å²) in [4.78, 5) is 2.79. The molecule has 114 valence electrons. The molecule has 3 fully saturated rings. The number of nitrogens with zero attached hydrogens (tertiary/aromatic N) is 1. The van der Waals surface area contributed by atoms with Crippen LogP contribution < -0.4 is 5.32 Å². The van der Waals surface area contributed by atoms with Gasteiger partial charge in [0, 0.05) is 31.7 Å². The van der Waals surface area contributed by atoms with Crippen molar-refractivity contribution in [1.82, 2.24) is 10.2 Å². The Morgan fingerprint density at radius 2 is 1.95 bits per heavy atom. The fourth-order valence-corrected chi connectivity index (χ4v) is 4.21. The molecule has 3 aliphatic rings. The molecular formula is C19H28N2. The molecule has 0 spiro atoms. The fraction of sp³-hybridized carbons (Fsp3) is 0.684. The van der Waals surface area contributed by atoms with Gasteiger partial charge in [0.2, 0.25) is 0 Å². The number of nitrogens with one attached hydrogen (secondary N) is 1. The standard InChI is InChI=1S/C19H28N2/c1-15-12-20-18(11-16-5-3-2-4-6-16)13-21(15)14-19(9-10-19)17-7-8-17/h2-6,15,17-18,20H,7-14H2,1H3. The summed E-state index contributed by atoms with van der Waals surface area (Å²) >= 11 is 0. The molecule has 2 nitrogen and oxygen atoms in total. The minimum atomic E-state index is 0.624. The molecule has 1 aliphatic heterocycles. The predicted octanol–water partition coefficient (Wildman–Crippen LogP) is 3.08. The van der Waals surface area contributed by atoms with Crippen LogP contribution >= 0.6 is 0 Å². The molecule has 0 aromatic heterocycles. The van der Waals surface area contributed by atoms with E-state index in [0.29, 0.717) is 12.1 Å². The van der Waals surface area contributed by atoms with Crippen molar-refractivity contribution in [1.29, 1.82) is 0 Å². The van der Waals surface area contributed by atoms with Gasteiger partial charge < -0.3 is 5.32 Å². The summed E-state index contributed by atoms with van der Waals surface area (Å²) in [5.41, 5.74) is 2.20. The van der Waals surface area contributed by atoms with Gasteiger partial charge in [0.25, 0.3) is 0 Å². The Morgan fingerprint density at radius 1 is 1.19 bits per heavy atom. The monoisotopic (exact) mass is 284 g/mol. The van der Waals surface area contributed by atoms with E-state index in [1.807, 2.05) is 0 Å². The Kier molecular flexibility index (Phi) is 3.55. The molecule has 1 aromatic carbocycles. The van der Waals surface area contributed by atoms with Gasteiger partial charge >= 0.3 is 0 Å². The van der Waals surface area contributed by atoms with E-state index in [2.05, 4.69) is 47.5 Å². The van der Waals surface area contributed by atoms with Crippen molar-refractivity contribution in [3.63, 3.8) is 0 Å². The molecule has 2 saturated carbocycles. The van der Waals surface area contributed by atoms with Crippen LogP contribution in [0.2, 0.25) is 0 Å². The lowest BCUT2D eigenvalue weighted by atomic mass is 9.96. The van der Waals surface area contributed by atoms with Crippen molar-refractivity contribution in [2.45, 2.75) is 51.1 Å². The van der Waals surface area contributed by atoms with Crippen LogP contribution in [0.1, 0.15) is 38.2 Å². The Labute approximate surface area is 128 Å². The third-order valence-corrected chi connectivity index (χ3v) is 5.96. The van der Waals surface area contributed by atoms with E-state index in [0.717, 1.165) is 17.9 Å². The fourth-order valence-electron chi connectivity index (χ4n) is 4.21. The number of piperazine rings is 1. The van der Waals surface area contributed by atoms with Crippen LogP contribution in [0, 0.1) is 11.3 Å². The average Bonchev–Trinajstić information content (AvgIpc) is 3.37. The zero-order valence-electron chi connectivity index (χ0n) is 13.2. The Bertz CT molecular complexity index is 476. The molecule has 1 heterocycles. The molecule has 2 heteroatoms. The van der Waals surface area contributed by atoms with Gasteiger partial charge in [-0.3, -0.25) is 4.90 Å². The van der Waals surface area contributed by atoms with Gasteiger partial charge in [-0.15, -0.1) is 0 Å². The largest absolute Gasteiger partial charge is 0.311 e. The van der Waals surface area contributed by atoms with Gasteiger partial charge in [0.05, 0.1) is 0 Å². The smallest absolute Gasteiger partial charge is 0.0236 e. The Balaban J connectivity index is 1.37. The van der Waals surface area contributed by atoms with E-state index in [4.69, 9.17) is 0 Å². The molecule has 21 heavy (non-hydrogen) atoms. The van der Waals surface area contributed by atoms with Gasteiger partial charge in [-0.2, -0.15) is 0 Å². The second kappa shape index (κ2) is 5.40. The van der Waals surface area contributed by atoms with Gasteiger partial charge in [-0.25, -0.2) is 0 Å². The first-order chi connectivity index (χ1) is 10.3. The first kappa shape index (κ1) is 13.8. The molecule has 1 aromatic rings. The zero-order valence-corrected chi connectivity index (χ0v) is 13.2. The highest BCUT2D eigenvalue weighted by Gasteiger charge is 2.54. The maximum absolute atomic E-state index is 3.76. The number of hydrogen-bond acceptors (Lipinski definition) is 2. The molecule has 1 saturated heterocycles. The third kappa shape index (κ3) is 3.02. The van der Waals surface area contributed by atoms with Crippen LogP contribution in [-0.4, -0.2) is 36.6 Å². The van der Waals surface area contributed by atoms with E-state index >= 15 is 0 Å². The normalized spacial score (nSPS) is 32.0.